The minimum absolute atomic E-state index is 0.00456. The van der Waals surface area contributed by atoms with Crippen LogP contribution in [0.25, 0.3) is 11.0 Å². The van der Waals surface area contributed by atoms with E-state index in [1.165, 1.54) is 0 Å². The third-order valence-electron chi connectivity index (χ3n) is 4.06. The van der Waals surface area contributed by atoms with Crippen LogP contribution >= 0.6 is 0 Å². The monoisotopic (exact) mass is 309 g/mol. The Bertz CT molecular complexity index is 806. The number of rotatable bonds is 4. The van der Waals surface area contributed by atoms with Gasteiger partial charge in [-0.2, -0.15) is 0 Å². The molecule has 114 valence electrons. The Morgan fingerprint density at radius 3 is 2.76 bits per heavy atom. The van der Waals surface area contributed by atoms with Gasteiger partial charge in [-0.15, -0.1) is 0 Å². The molecule has 6 nitrogen and oxygen atoms in total. The van der Waals surface area contributed by atoms with Crippen molar-refractivity contribution in [3.63, 3.8) is 0 Å². The van der Waals surface area contributed by atoms with Crippen molar-refractivity contribution in [1.29, 1.82) is 0 Å². The number of nitrogens with one attached hydrogen (secondary N) is 3. The number of aromatic nitrogens is 2. The molecule has 2 aromatic rings. The summed E-state index contributed by atoms with van der Waals surface area (Å²) in [7, 11) is -2.91. The van der Waals surface area contributed by atoms with Gasteiger partial charge in [-0.25, -0.2) is 13.2 Å². The summed E-state index contributed by atoms with van der Waals surface area (Å²) in [5.74, 6) is 0.577. The Morgan fingerprint density at radius 2 is 2.10 bits per heavy atom. The lowest BCUT2D eigenvalue weighted by atomic mass is 9.92. The summed E-state index contributed by atoms with van der Waals surface area (Å²) in [4.78, 5) is 16.8. The van der Waals surface area contributed by atoms with Gasteiger partial charge in [-0.3, -0.25) is 0 Å². The van der Waals surface area contributed by atoms with Crippen LogP contribution in [0.5, 0.6) is 0 Å². The molecule has 3 rings (SSSR count). The Hall–Kier alpha value is -1.60. The SMILES string of the molecule is CCNC(c1ccc2[nH]c(=O)[nH]c2c1)C1CCS(=O)(=O)C1. The summed E-state index contributed by atoms with van der Waals surface area (Å²) in [6, 6.07) is 5.72. The number of hydrogen-bond donors (Lipinski definition) is 3. The van der Waals surface area contributed by atoms with Gasteiger partial charge in [0, 0.05) is 6.04 Å². The highest BCUT2D eigenvalue weighted by molar-refractivity contribution is 7.91. The molecule has 3 N–H and O–H groups in total. The maximum atomic E-state index is 11.7. The normalized spacial score (nSPS) is 22.6. The molecule has 2 heterocycles. The van der Waals surface area contributed by atoms with E-state index in [0.717, 1.165) is 23.1 Å². The number of fused-ring (bicyclic) bond motifs is 1. The van der Waals surface area contributed by atoms with Gasteiger partial charge in [-0.05, 0) is 36.6 Å². The van der Waals surface area contributed by atoms with Crippen molar-refractivity contribution in [2.45, 2.75) is 19.4 Å². The first-order chi connectivity index (χ1) is 9.98. The minimum Gasteiger partial charge on any atom is -0.310 e. The molecule has 2 atom stereocenters. The number of H-pyrrole nitrogens is 2. The topological polar surface area (TPSA) is 94.8 Å². The van der Waals surface area contributed by atoms with Crippen molar-refractivity contribution in [3.8, 4) is 0 Å². The fourth-order valence-corrected chi connectivity index (χ4v) is 4.95. The van der Waals surface area contributed by atoms with Crippen LogP contribution in [0.3, 0.4) is 0 Å². The summed E-state index contributed by atoms with van der Waals surface area (Å²) in [6.45, 7) is 2.77. The molecule has 0 spiro atoms. The fraction of sp³-hybridized carbons (Fsp3) is 0.500. The lowest BCUT2D eigenvalue weighted by Crippen LogP contribution is -2.29. The standard InChI is InChI=1S/C14H19N3O3S/c1-2-15-13(10-5-6-21(19,20)8-10)9-3-4-11-12(7-9)17-14(18)16-11/h3-4,7,10,13,15H,2,5-6,8H2,1H3,(H2,16,17,18). The van der Waals surface area contributed by atoms with E-state index in [2.05, 4.69) is 15.3 Å². The average molecular weight is 309 g/mol. The summed E-state index contributed by atoms with van der Waals surface area (Å²) < 4.78 is 23.4. The van der Waals surface area contributed by atoms with Gasteiger partial charge in [0.1, 0.15) is 0 Å². The molecule has 1 fully saturated rings. The fourth-order valence-electron chi connectivity index (χ4n) is 3.11. The van der Waals surface area contributed by atoms with E-state index in [4.69, 9.17) is 0 Å². The highest BCUT2D eigenvalue weighted by Crippen LogP contribution is 2.32. The van der Waals surface area contributed by atoms with E-state index in [1.807, 2.05) is 25.1 Å². The first-order valence-corrected chi connectivity index (χ1v) is 8.96. The van der Waals surface area contributed by atoms with Crippen LogP contribution in [0.2, 0.25) is 0 Å². The van der Waals surface area contributed by atoms with E-state index in [9.17, 15) is 13.2 Å². The summed E-state index contributed by atoms with van der Waals surface area (Å²) >= 11 is 0. The predicted octanol–water partition coefficient (Wildman–Crippen LogP) is 0.942. The predicted molar refractivity (Wildman–Crippen MR) is 82.1 cm³/mol. The molecule has 0 radical (unpaired) electrons. The lowest BCUT2D eigenvalue weighted by Gasteiger charge is -2.24. The van der Waals surface area contributed by atoms with E-state index in [0.29, 0.717) is 6.42 Å². The second kappa shape index (κ2) is 5.31. The average Bonchev–Trinajstić information content (AvgIpc) is 2.96. The molecule has 0 aliphatic carbocycles. The third kappa shape index (κ3) is 2.89. The zero-order valence-corrected chi connectivity index (χ0v) is 12.7. The third-order valence-corrected chi connectivity index (χ3v) is 5.86. The molecule has 0 saturated carbocycles. The van der Waals surface area contributed by atoms with Crippen LogP contribution in [-0.4, -0.2) is 36.4 Å². The number of benzene rings is 1. The summed E-state index contributed by atoms with van der Waals surface area (Å²) in [6.07, 6.45) is 0.682. The quantitative estimate of drug-likeness (QED) is 0.783. The first-order valence-electron chi connectivity index (χ1n) is 7.14. The molecular formula is C14H19N3O3S. The zero-order chi connectivity index (χ0) is 15.0. The Morgan fingerprint density at radius 1 is 1.33 bits per heavy atom. The maximum absolute atomic E-state index is 11.7. The maximum Gasteiger partial charge on any atom is 0.323 e. The molecule has 1 aliphatic rings. The van der Waals surface area contributed by atoms with Crippen LogP contribution in [0.1, 0.15) is 24.9 Å². The van der Waals surface area contributed by atoms with Crippen LogP contribution in [-0.2, 0) is 9.84 Å². The van der Waals surface area contributed by atoms with E-state index >= 15 is 0 Å². The molecule has 0 amide bonds. The van der Waals surface area contributed by atoms with Crippen molar-refractivity contribution in [2.24, 2.45) is 5.92 Å². The highest BCUT2D eigenvalue weighted by Gasteiger charge is 2.34. The molecule has 0 bridgehead atoms. The number of hydrogen-bond acceptors (Lipinski definition) is 4. The zero-order valence-electron chi connectivity index (χ0n) is 11.8. The van der Waals surface area contributed by atoms with Crippen LogP contribution in [0.15, 0.2) is 23.0 Å². The van der Waals surface area contributed by atoms with Crippen molar-refractivity contribution in [2.75, 3.05) is 18.1 Å². The Labute approximate surface area is 122 Å². The largest absolute Gasteiger partial charge is 0.323 e. The molecule has 2 unspecified atom stereocenters. The smallest absolute Gasteiger partial charge is 0.310 e. The van der Waals surface area contributed by atoms with Gasteiger partial charge < -0.3 is 15.3 Å². The van der Waals surface area contributed by atoms with Crippen molar-refractivity contribution >= 4 is 20.9 Å². The second-order valence-electron chi connectivity index (χ2n) is 5.58. The number of aromatic amines is 2. The number of imidazole rings is 1. The number of sulfone groups is 1. The van der Waals surface area contributed by atoms with Gasteiger partial charge >= 0.3 is 5.69 Å². The molecule has 7 heteroatoms. The van der Waals surface area contributed by atoms with Gasteiger partial charge in [0.25, 0.3) is 0 Å². The van der Waals surface area contributed by atoms with E-state index in [1.54, 1.807) is 0 Å². The van der Waals surface area contributed by atoms with Gasteiger partial charge in [0.2, 0.25) is 0 Å². The molecule has 1 aromatic carbocycles. The molecular weight excluding hydrogens is 290 g/mol. The molecule has 21 heavy (non-hydrogen) atoms. The van der Waals surface area contributed by atoms with Gasteiger partial charge in [-0.1, -0.05) is 13.0 Å². The van der Waals surface area contributed by atoms with Crippen molar-refractivity contribution in [1.82, 2.24) is 15.3 Å². The minimum atomic E-state index is -2.91. The van der Waals surface area contributed by atoms with Gasteiger partial charge in [0.05, 0.1) is 22.5 Å². The van der Waals surface area contributed by atoms with E-state index in [-0.39, 0.29) is 29.2 Å². The summed E-state index contributed by atoms with van der Waals surface area (Å²) in [5.41, 5.74) is 2.30. The van der Waals surface area contributed by atoms with Crippen LogP contribution in [0, 0.1) is 5.92 Å². The first kappa shape index (κ1) is 14.3. The lowest BCUT2D eigenvalue weighted by molar-refractivity contribution is 0.400. The van der Waals surface area contributed by atoms with E-state index < -0.39 is 9.84 Å². The molecule has 1 aliphatic heterocycles. The highest BCUT2D eigenvalue weighted by atomic mass is 32.2. The Kier molecular flexibility index (Phi) is 3.62. The van der Waals surface area contributed by atoms with Gasteiger partial charge in [0.15, 0.2) is 9.84 Å². The van der Waals surface area contributed by atoms with Crippen molar-refractivity contribution in [3.05, 3.63) is 34.2 Å². The van der Waals surface area contributed by atoms with Crippen LogP contribution < -0.4 is 11.0 Å². The van der Waals surface area contributed by atoms with Crippen molar-refractivity contribution < 1.29 is 8.42 Å². The molecule has 1 saturated heterocycles. The van der Waals surface area contributed by atoms with Crippen LogP contribution in [0.4, 0.5) is 0 Å². The summed E-state index contributed by atoms with van der Waals surface area (Å²) in [5, 5.41) is 3.38. The molecule has 1 aromatic heterocycles. The second-order valence-corrected chi connectivity index (χ2v) is 7.81. The Balaban J connectivity index is 1.96.